The van der Waals surface area contributed by atoms with E-state index < -0.39 is 11.7 Å². The molecular weight excluding hydrogens is 307 g/mol. The summed E-state index contributed by atoms with van der Waals surface area (Å²) >= 11 is 5.78. The molecule has 1 saturated carbocycles. The van der Waals surface area contributed by atoms with Gasteiger partial charge in [-0.3, -0.25) is 4.79 Å². The summed E-state index contributed by atoms with van der Waals surface area (Å²) in [5, 5.41) is 5.76. The number of rotatable bonds is 4. The average Bonchev–Trinajstić information content (AvgIpc) is 3.27. The predicted octanol–water partition coefficient (Wildman–Crippen LogP) is 3.40. The Bertz CT molecular complexity index is 713. The van der Waals surface area contributed by atoms with Crippen molar-refractivity contribution in [1.82, 2.24) is 9.97 Å². The third kappa shape index (κ3) is 3.17. The molecule has 5 nitrogen and oxygen atoms in total. The lowest BCUT2D eigenvalue weighted by Gasteiger charge is -2.12. The number of para-hydroxylation sites is 1. The van der Waals surface area contributed by atoms with Crippen LogP contribution >= 0.6 is 11.6 Å². The normalized spacial score (nSPS) is 13.8. The maximum Gasteiger partial charge on any atom is 0.261 e. The van der Waals surface area contributed by atoms with Crippen LogP contribution in [-0.2, 0) is 0 Å². The molecule has 114 valence electrons. The van der Waals surface area contributed by atoms with Crippen LogP contribution in [0.25, 0.3) is 0 Å². The lowest BCUT2D eigenvalue weighted by atomic mass is 10.2. The first-order chi connectivity index (χ1) is 10.5. The van der Waals surface area contributed by atoms with E-state index >= 15 is 0 Å². The highest BCUT2D eigenvalue weighted by Gasteiger charge is 2.25. The van der Waals surface area contributed by atoms with Gasteiger partial charge in [-0.1, -0.05) is 12.1 Å². The summed E-state index contributed by atoms with van der Waals surface area (Å²) in [5.41, 5.74) is 1.03. The number of carbonyl (C=O) groups is 1. The Hall–Kier alpha value is -2.21. The predicted molar refractivity (Wildman–Crippen MR) is 82.8 cm³/mol. The first-order valence-corrected chi connectivity index (χ1v) is 7.28. The molecule has 1 fully saturated rings. The molecular formula is C15H14ClFN4O. The van der Waals surface area contributed by atoms with Crippen molar-refractivity contribution in [1.29, 1.82) is 0 Å². The van der Waals surface area contributed by atoms with Gasteiger partial charge in [-0.2, -0.15) is 4.98 Å². The van der Waals surface area contributed by atoms with E-state index in [1.54, 1.807) is 19.1 Å². The Labute approximate surface area is 131 Å². The van der Waals surface area contributed by atoms with E-state index in [1.165, 1.54) is 12.3 Å². The molecule has 1 heterocycles. The first-order valence-electron chi connectivity index (χ1n) is 6.90. The van der Waals surface area contributed by atoms with Crippen LogP contribution < -0.4 is 10.6 Å². The number of halogens is 2. The molecule has 0 aliphatic heterocycles. The average molecular weight is 321 g/mol. The van der Waals surface area contributed by atoms with Crippen LogP contribution in [0.15, 0.2) is 24.4 Å². The van der Waals surface area contributed by atoms with E-state index in [-0.39, 0.29) is 16.5 Å². The van der Waals surface area contributed by atoms with Gasteiger partial charge < -0.3 is 10.6 Å². The third-order valence-corrected chi connectivity index (χ3v) is 3.56. The number of nitrogens with zero attached hydrogens (tertiary/aromatic N) is 2. The number of hydrogen-bond acceptors (Lipinski definition) is 4. The highest BCUT2D eigenvalue weighted by atomic mass is 35.5. The number of nitrogens with one attached hydrogen (secondary N) is 2. The van der Waals surface area contributed by atoms with E-state index in [0.29, 0.717) is 17.4 Å². The number of benzene rings is 1. The summed E-state index contributed by atoms with van der Waals surface area (Å²) in [6.45, 7) is 1.72. The molecule has 0 saturated heterocycles. The van der Waals surface area contributed by atoms with Gasteiger partial charge >= 0.3 is 0 Å². The second-order valence-corrected chi connectivity index (χ2v) is 5.54. The van der Waals surface area contributed by atoms with Crippen LogP contribution in [0.1, 0.15) is 28.8 Å². The number of anilines is 2. The molecule has 1 aliphatic rings. The standard InChI is InChI=1S/C15H14ClFN4O/c1-8-3-2-4-11(17)12(8)20-14(22)10-7-18-15(16)21-13(10)19-9-5-6-9/h2-4,7,9H,5-6H2,1H3,(H,20,22)(H,18,19,21). The van der Waals surface area contributed by atoms with E-state index in [4.69, 9.17) is 11.6 Å². The molecule has 2 N–H and O–H groups in total. The molecule has 0 radical (unpaired) electrons. The van der Waals surface area contributed by atoms with Gasteiger partial charge in [-0.15, -0.1) is 0 Å². The Morgan fingerprint density at radius 2 is 2.18 bits per heavy atom. The second kappa shape index (κ2) is 5.88. The minimum atomic E-state index is -0.486. The van der Waals surface area contributed by atoms with Crippen molar-refractivity contribution in [2.24, 2.45) is 0 Å². The zero-order valence-electron chi connectivity index (χ0n) is 11.9. The van der Waals surface area contributed by atoms with E-state index in [1.807, 2.05) is 0 Å². The molecule has 1 aliphatic carbocycles. The van der Waals surface area contributed by atoms with Crippen LogP contribution in [-0.4, -0.2) is 21.9 Å². The fraction of sp³-hybridized carbons (Fsp3) is 0.267. The molecule has 1 aromatic carbocycles. The van der Waals surface area contributed by atoms with Gasteiger partial charge in [0.2, 0.25) is 5.28 Å². The zero-order valence-corrected chi connectivity index (χ0v) is 12.6. The quantitative estimate of drug-likeness (QED) is 0.847. The molecule has 0 spiro atoms. The number of aromatic nitrogens is 2. The molecule has 0 unspecified atom stereocenters. The van der Waals surface area contributed by atoms with Gasteiger partial charge in [-0.25, -0.2) is 9.37 Å². The van der Waals surface area contributed by atoms with Crippen molar-refractivity contribution >= 4 is 29.0 Å². The highest BCUT2D eigenvalue weighted by molar-refractivity contribution is 6.28. The van der Waals surface area contributed by atoms with Gasteiger partial charge in [-0.05, 0) is 43.0 Å². The minimum Gasteiger partial charge on any atom is -0.367 e. The van der Waals surface area contributed by atoms with Crippen LogP contribution in [0.2, 0.25) is 5.28 Å². The SMILES string of the molecule is Cc1cccc(F)c1NC(=O)c1cnc(Cl)nc1NC1CC1. The summed E-state index contributed by atoms with van der Waals surface area (Å²) in [6.07, 6.45) is 3.38. The Kier molecular flexibility index (Phi) is 3.94. The molecule has 1 amide bonds. The van der Waals surface area contributed by atoms with Crippen molar-refractivity contribution in [3.05, 3.63) is 46.6 Å². The van der Waals surface area contributed by atoms with E-state index in [2.05, 4.69) is 20.6 Å². The highest BCUT2D eigenvalue weighted by Crippen LogP contribution is 2.27. The monoisotopic (exact) mass is 320 g/mol. The molecule has 2 aromatic rings. The summed E-state index contributed by atoms with van der Waals surface area (Å²) in [6, 6.07) is 4.91. The Morgan fingerprint density at radius 3 is 2.86 bits per heavy atom. The first kappa shape index (κ1) is 14.7. The van der Waals surface area contributed by atoms with Gasteiger partial charge in [0.1, 0.15) is 17.2 Å². The third-order valence-electron chi connectivity index (χ3n) is 3.38. The smallest absolute Gasteiger partial charge is 0.261 e. The largest absolute Gasteiger partial charge is 0.367 e. The summed E-state index contributed by atoms with van der Waals surface area (Å²) < 4.78 is 13.8. The van der Waals surface area contributed by atoms with Crippen LogP contribution in [0.4, 0.5) is 15.9 Å². The van der Waals surface area contributed by atoms with Gasteiger partial charge in [0.25, 0.3) is 5.91 Å². The van der Waals surface area contributed by atoms with Crippen LogP contribution in [0, 0.1) is 12.7 Å². The molecule has 22 heavy (non-hydrogen) atoms. The summed E-state index contributed by atoms with van der Waals surface area (Å²) in [4.78, 5) is 20.3. The number of amides is 1. The van der Waals surface area contributed by atoms with Crippen molar-refractivity contribution in [2.45, 2.75) is 25.8 Å². The minimum absolute atomic E-state index is 0.0572. The molecule has 7 heteroatoms. The van der Waals surface area contributed by atoms with Gasteiger partial charge in [0.05, 0.1) is 5.69 Å². The molecule has 0 bridgehead atoms. The lowest BCUT2D eigenvalue weighted by molar-refractivity contribution is 0.102. The van der Waals surface area contributed by atoms with E-state index in [0.717, 1.165) is 12.8 Å². The Morgan fingerprint density at radius 1 is 1.41 bits per heavy atom. The summed E-state index contributed by atoms with van der Waals surface area (Å²) in [5.74, 6) is -0.595. The van der Waals surface area contributed by atoms with Crippen LogP contribution in [0.3, 0.4) is 0 Å². The van der Waals surface area contributed by atoms with Crippen LogP contribution in [0.5, 0.6) is 0 Å². The van der Waals surface area contributed by atoms with Crippen molar-refractivity contribution < 1.29 is 9.18 Å². The molecule has 0 atom stereocenters. The lowest BCUT2D eigenvalue weighted by Crippen LogP contribution is -2.18. The topological polar surface area (TPSA) is 66.9 Å². The number of carbonyl (C=O) groups excluding carboxylic acids is 1. The molecule has 3 rings (SSSR count). The zero-order chi connectivity index (χ0) is 15.7. The Balaban J connectivity index is 1.88. The van der Waals surface area contributed by atoms with E-state index in [9.17, 15) is 9.18 Å². The fourth-order valence-electron chi connectivity index (χ4n) is 2.03. The maximum atomic E-state index is 13.8. The van der Waals surface area contributed by atoms with Gasteiger partial charge in [0.15, 0.2) is 0 Å². The fourth-order valence-corrected chi connectivity index (χ4v) is 2.16. The maximum absolute atomic E-state index is 13.8. The number of hydrogen-bond donors (Lipinski definition) is 2. The van der Waals surface area contributed by atoms with Crippen molar-refractivity contribution in [3.63, 3.8) is 0 Å². The molecule has 1 aromatic heterocycles. The second-order valence-electron chi connectivity index (χ2n) is 5.21. The van der Waals surface area contributed by atoms with Crippen molar-refractivity contribution in [3.8, 4) is 0 Å². The summed E-state index contributed by atoms with van der Waals surface area (Å²) in [7, 11) is 0. The van der Waals surface area contributed by atoms with Gasteiger partial charge in [0, 0.05) is 12.2 Å². The number of aryl methyl sites for hydroxylation is 1. The van der Waals surface area contributed by atoms with Crippen molar-refractivity contribution in [2.75, 3.05) is 10.6 Å².